The zero-order chi connectivity index (χ0) is 22.5. The molecule has 1 aliphatic rings. The SMILES string of the molecule is O=C(NCc1csc(-c2ccccc2)n1)C1CCCN(c2ccc(-c3ccccc3)nn2)C1. The lowest BCUT2D eigenvalue weighted by Crippen LogP contribution is -2.43. The van der Waals surface area contributed by atoms with Gasteiger partial charge in [0.2, 0.25) is 5.91 Å². The molecule has 2 aromatic carbocycles. The lowest BCUT2D eigenvalue weighted by Gasteiger charge is -2.32. The summed E-state index contributed by atoms with van der Waals surface area (Å²) in [6, 6.07) is 24.1. The van der Waals surface area contributed by atoms with Gasteiger partial charge < -0.3 is 10.2 Å². The maximum Gasteiger partial charge on any atom is 0.225 e. The van der Waals surface area contributed by atoms with Gasteiger partial charge in [-0.15, -0.1) is 21.5 Å². The van der Waals surface area contributed by atoms with Crippen LogP contribution in [0.1, 0.15) is 18.5 Å². The van der Waals surface area contributed by atoms with Gasteiger partial charge in [0.1, 0.15) is 5.01 Å². The highest BCUT2D eigenvalue weighted by molar-refractivity contribution is 7.13. The number of piperidine rings is 1. The number of aromatic nitrogens is 3. The summed E-state index contributed by atoms with van der Waals surface area (Å²) < 4.78 is 0. The summed E-state index contributed by atoms with van der Waals surface area (Å²) in [5, 5.41) is 14.9. The van der Waals surface area contributed by atoms with E-state index in [1.165, 1.54) is 0 Å². The number of carbonyl (C=O) groups excluding carboxylic acids is 1. The Kier molecular flexibility index (Phi) is 6.39. The number of nitrogens with one attached hydrogen (secondary N) is 1. The van der Waals surface area contributed by atoms with Crippen LogP contribution in [-0.2, 0) is 11.3 Å². The molecule has 0 saturated carbocycles. The highest BCUT2D eigenvalue weighted by Gasteiger charge is 2.26. The molecule has 7 heteroatoms. The lowest BCUT2D eigenvalue weighted by atomic mass is 9.97. The van der Waals surface area contributed by atoms with Crippen molar-refractivity contribution >= 4 is 23.1 Å². The van der Waals surface area contributed by atoms with E-state index in [4.69, 9.17) is 0 Å². The van der Waals surface area contributed by atoms with E-state index >= 15 is 0 Å². The van der Waals surface area contributed by atoms with Gasteiger partial charge in [-0.2, -0.15) is 0 Å². The minimum atomic E-state index is -0.0680. The van der Waals surface area contributed by atoms with Crippen LogP contribution in [0.15, 0.2) is 78.2 Å². The van der Waals surface area contributed by atoms with Gasteiger partial charge >= 0.3 is 0 Å². The molecule has 6 nitrogen and oxygen atoms in total. The number of benzene rings is 2. The summed E-state index contributed by atoms with van der Waals surface area (Å²) in [6.07, 6.45) is 1.83. The predicted molar refractivity (Wildman–Crippen MR) is 132 cm³/mol. The van der Waals surface area contributed by atoms with Gasteiger partial charge in [-0.25, -0.2) is 4.98 Å². The first-order chi connectivity index (χ1) is 16.3. The fourth-order valence-electron chi connectivity index (χ4n) is 4.08. The standard InChI is InChI=1S/C26H25N5OS/c32-25(27-16-22-18-33-26(28-22)20-10-5-2-6-11-20)21-12-7-15-31(17-21)24-14-13-23(29-30-24)19-8-3-1-4-9-19/h1-6,8-11,13-14,18,21H,7,12,15-17H2,(H,27,32). The second-order valence-electron chi connectivity index (χ2n) is 8.16. The molecule has 166 valence electrons. The van der Waals surface area contributed by atoms with E-state index in [0.29, 0.717) is 13.1 Å². The zero-order valence-electron chi connectivity index (χ0n) is 18.2. The van der Waals surface area contributed by atoms with Crippen molar-refractivity contribution in [3.05, 3.63) is 83.9 Å². The van der Waals surface area contributed by atoms with Gasteiger partial charge in [0, 0.05) is 29.6 Å². The smallest absolute Gasteiger partial charge is 0.225 e. The maximum atomic E-state index is 12.9. The van der Waals surface area contributed by atoms with Gasteiger partial charge in [-0.05, 0) is 25.0 Å². The molecule has 1 fully saturated rings. The fraction of sp³-hybridized carbons (Fsp3) is 0.231. The van der Waals surface area contributed by atoms with E-state index in [1.807, 2.05) is 78.2 Å². The average molecular weight is 456 g/mol. The van der Waals surface area contributed by atoms with E-state index in [9.17, 15) is 4.79 Å². The van der Waals surface area contributed by atoms with Crippen molar-refractivity contribution in [3.63, 3.8) is 0 Å². The maximum absolute atomic E-state index is 12.9. The van der Waals surface area contributed by atoms with E-state index in [2.05, 4.69) is 25.4 Å². The molecule has 0 radical (unpaired) electrons. The Hall–Kier alpha value is -3.58. The van der Waals surface area contributed by atoms with Crippen molar-refractivity contribution in [1.29, 1.82) is 0 Å². The molecule has 0 aliphatic carbocycles. The number of nitrogens with zero attached hydrogens (tertiary/aromatic N) is 4. The first-order valence-corrected chi connectivity index (χ1v) is 12.1. The predicted octanol–water partition coefficient (Wildman–Crippen LogP) is 4.80. The third-order valence-corrected chi connectivity index (χ3v) is 6.79. The fourth-order valence-corrected chi connectivity index (χ4v) is 4.91. The van der Waals surface area contributed by atoms with E-state index in [1.54, 1.807) is 11.3 Å². The van der Waals surface area contributed by atoms with Crippen LogP contribution in [0, 0.1) is 5.92 Å². The van der Waals surface area contributed by atoms with Crippen LogP contribution < -0.4 is 10.2 Å². The van der Waals surface area contributed by atoms with Gasteiger partial charge in [0.05, 0.1) is 23.9 Å². The molecular weight excluding hydrogens is 430 g/mol. The number of rotatable bonds is 6. The van der Waals surface area contributed by atoms with Gasteiger partial charge in [-0.1, -0.05) is 60.7 Å². The van der Waals surface area contributed by atoms with Crippen LogP contribution in [0.5, 0.6) is 0 Å². The van der Waals surface area contributed by atoms with Gasteiger partial charge in [0.25, 0.3) is 0 Å². The Morgan fingerprint density at radius 2 is 1.73 bits per heavy atom. The van der Waals surface area contributed by atoms with Crippen LogP contribution in [0.4, 0.5) is 5.82 Å². The van der Waals surface area contributed by atoms with Crippen LogP contribution in [-0.4, -0.2) is 34.2 Å². The summed E-state index contributed by atoms with van der Waals surface area (Å²) in [5.74, 6) is 0.823. The van der Waals surface area contributed by atoms with Crippen LogP contribution >= 0.6 is 11.3 Å². The first kappa shape index (κ1) is 21.3. The number of amides is 1. The molecule has 0 bridgehead atoms. The van der Waals surface area contributed by atoms with Crippen LogP contribution in [0.2, 0.25) is 0 Å². The molecule has 0 spiro atoms. The Balaban J connectivity index is 1.18. The highest BCUT2D eigenvalue weighted by atomic mass is 32.1. The van der Waals surface area contributed by atoms with Crippen molar-refractivity contribution < 1.29 is 4.79 Å². The monoisotopic (exact) mass is 455 g/mol. The third-order valence-electron chi connectivity index (χ3n) is 5.85. The largest absolute Gasteiger partial charge is 0.354 e. The van der Waals surface area contributed by atoms with Crippen LogP contribution in [0.3, 0.4) is 0 Å². The molecule has 3 heterocycles. The minimum Gasteiger partial charge on any atom is -0.354 e. The molecule has 1 amide bonds. The zero-order valence-corrected chi connectivity index (χ0v) is 19.0. The molecule has 1 N–H and O–H groups in total. The van der Waals surface area contributed by atoms with E-state index < -0.39 is 0 Å². The molecule has 2 aromatic heterocycles. The number of hydrogen-bond donors (Lipinski definition) is 1. The van der Waals surface area contributed by atoms with Gasteiger partial charge in [0.15, 0.2) is 5.82 Å². The number of hydrogen-bond acceptors (Lipinski definition) is 6. The molecule has 1 unspecified atom stereocenters. The number of thiazole rings is 1. The summed E-state index contributed by atoms with van der Waals surface area (Å²) in [6.45, 7) is 1.98. The quantitative estimate of drug-likeness (QED) is 0.452. The second-order valence-corrected chi connectivity index (χ2v) is 9.01. The normalized spacial score (nSPS) is 15.9. The van der Waals surface area contributed by atoms with Crippen molar-refractivity contribution in [3.8, 4) is 21.8 Å². The van der Waals surface area contributed by atoms with Crippen molar-refractivity contribution in [2.75, 3.05) is 18.0 Å². The van der Waals surface area contributed by atoms with Crippen molar-refractivity contribution in [2.24, 2.45) is 5.92 Å². The molecule has 4 aromatic rings. The molecule has 1 atom stereocenters. The first-order valence-electron chi connectivity index (χ1n) is 11.2. The molecule has 1 saturated heterocycles. The number of anilines is 1. The summed E-state index contributed by atoms with van der Waals surface area (Å²) in [5.41, 5.74) is 3.89. The Morgan fingerprint density at radius 1 is 0.970 bits per heavy atom. The second kappa shape index (κ2) is 9.92. The number of carbonyl (C=O) groups is 1. The Morgan fingerprint density at radius 3 is 2.45 bits per heavy atom. The van der Waals surface area contributed by atoms with E-state index in [0.717, 1.165) is 52.7 Å². The molecular formula is C26H25N5OS. The van der Waals surface area contributed by atoms with Crippen molar-refractivity contribution in [2.45, 2.75) is 19.4 Å². The Labute approximate surface area is 197 Å². The summed E-state index contributed by atoms with van der Waals surface area (Å²) >= 11 is 1.60. The topological polar surface area (TPSA) is 71.0 Å². The molecule has 5 rings (SSSR count). The summed E-state index contributed by atoms with van der Waals surface area (Å²) in [4.78, 5) is 19.7. The Bertz CT molecular complexity index is 1190. The van der Waals surface area contributed by atoms with Crippen LogP contribution in [0.25, 0.3) is 21.8 Å². The molecule has 1 aliphatic heterocycles. The molecule has 33 heavy (non-hydrogen) atoms. The van der Waals surface area contributed by atoms with Crippen molar-refractivity contribution in [1.82, 2.24) is 20.5 Å². The third kappa shape index (κ3) is 5.09. The minimum absolute atomic E-state index is 0.0680. The average Bonchev–Trinajstić information content (AvgIpc) is 3.38. The van der Waals surface area contributed by atoms with E-state index in [-0.39, 0.29) is 11.8 Å². The summed E-state index contributed by atoms with van der Waals surface area (Å²) in [7, 11) is 0. The lowest BCUT2D eigenvalue weighted by molar-refractivity contribution is -0.125. The van der Waals surface area contributed by atoms with Gasteiger partial charge in [-0.3, -0.25) is 4.79 Å². The highest BCUT2D eigenvalue weighted by Crippen LogP contribution is 2.25.